The molecule has 0 heterocycles. The second kappa shape index (κ2) is 38.2. The van der Waals surface area contributed by atoms with Crippen molar-refractivity contribution in [1.82, 2.24) is 0 Å². The Morgan fingerprint density at radius 2 is 1.75 bits per heavy atom. The predicted molar refractivity (Wildman–Crippen MR) is 45.7 cm³/mol. The van der Waals surface area contributed by atoms with E-state index in [9.17, 15) is 4.79 Å². The van der Waals surface area contributed by atoms with Gasteiger partial charge in [0.1, 0.15) is 0 Å². The van der Waals surface area contributed by atoms with Crippen molar-refractivity contribution in [3.05, 3.63) is 21.3 Å². The number of rotatable bonds is 2. The molecule has 70 valence electrons. The third-order valence-electron chi connectivity index (χ3n) is 0.269. The van der Waals surface area contributed by atoms with Crippen molar-refractivity contribution in [2.24, 2.45) is 0 Å². The Bertz CT molecular complexity index is 83.8. The Hall–Kier alpha value is 2.01. The molecule has 0 fully saturated rings. The molecule has 12 heavy (non-hydrogen) atoms. The van der Waals surface area contributed by atoms with Gasteiger partial charge in [-0.2, -0.15) is 11.8 Å². The maximum Gasteiger partial charge on any atom is 0 e. The van der Waals surface area contributed by atoms with Gasteiger partial charge in [0.15, 0.2) is 0 Å². The largest absolute Gasteiger partial charge is 0.542 e. The Labute approximate surface area is 133 Å². The van der Waals surface area contributed by atoms with Crippen LogP contribution in [-0.2, 0) is 77.1 Å². The third-order valence-corrected chi connectivity index (χ3v) is 0.414. The van der Waals surface area contributed by atoms with E-state index in [1.165, 1.54) is 0 Å². The molecule has 2 radical (unpaired) electrons. The van der Waals surface area contributed by atoms with E-state index in [4.69, 9.17) is 0 Å². The Balaban J connectivity index is -0.0000000140. The molecule has 1 nitrogen and oxygen atoms in total. The first-order valence-corrected chi connectivity index (χ1v) is 2.58. The van der Waals surface area contributed by atoms with Crippen molar-refractivity contribution < 1.29 is 77.1 Å². The molecule has 0 amide bonds. The molecule has 0 aliphatic rings. The summed E-state index contributed by atoms with van der Waals surface area (Å²) in [4.78, 5) is 9.81. The summed E-state index contributed by atoms with van der Waals surface area (Å²) in [6.07, 6.45) is 1.80. The summed E-state index contributed by atoms with van der Waals surface area (Å²) in [7, 11) is 0. The van der Waals surface area contributed by atoms with E-state index in [0.29, 0.717) is 4.86 Å². The molecule has 5 heteroatoms. The molecule has 0 unspecified atom stereocenters. The van der Waals surface area contributed by atoms with Crippen LogP contribution in [0.3, 0.4) is 0 Å². The van der Waals surface area contributed by atoms with Crippen LogP contribution in [0.25, 0.3) is 0 Å². The number of carbonyl (C=O) groups excluding carboxylic acids is 1. The minimum absolute atomic E-state index is 0. The van der Waals surface area contributed by atoms with Crippen molar-refractivity contribution in [2.75, 3.05) is 0 Å². The topological polar surface area (TPSA) is 17.1 Å². The van der Waals surface area contributed by atoms with Gasteiger partial charge >= 0.3 is 0 Å². The van der Waals surface area contributed by atoms with Gasteiger partial charge in [-0.3, -0.25) is 6.29 Å². The van der Waals surface area contributed by atoms with Gasteiger partial charge in [0.25, 0.3) is 0 Å². The van der Waals surface area contributed by atoms with Crippen LogP contribution in [0.5, 0.6) is 0 Å². The van der Waals surface area contributed by atoms with Gasteiger partial charge in [0.05, 0.1) is 0 Å². The first kappa shape index (κ1) is 37.0. The first-order valence-electron chi connectivity index (χ1n) is 2.18. The molecule has 0 aliphatic heterocycles. The normalized spacial score (nSPS) is 4.17. The fourth-order valence-electron chi connectivity index (χ4n) is 0.0805. The van der Waals surface area contributed by atoms with Crippen molar-refractivity contribution >= 4 is 23.4 Å². The van der Waals surface area contributed by atoms with E-state index in [2.05, 4.69) is 26.1 Å². The van der Waals surface area contributed by atoms with Crippen LogP contribution >= 0.6 is 12.2 Å². The van der Waals surface area contributed by atoms with Crippen LogP contribution in [0, 0.1) is 21.3 Å². The Kier molecular flexibility index (Phi) is 118. The summed E-state index contributed by atoms with van der Waals surface area (Å²) < 4.78 is 0. The minimum atomic E-state index is 0. The zero-order valence-corrected chi connectivity index (χ0v) is 15.4. The minimum Gasteiger partial charge on any atom is -0.542 e. The molecule has 0 aromatic heterocycles. The van der Waals surface area contributed by atoms with Crippen LogP contribution in [0.4, 0.5) is 0 Å². The number of hydrogen-bond acceptors (Lipinski definition) is 2. The molecular formula is C7H12OSVWY-4. The van der Waals surface area contributed by atoms with Crippen LogP contribution < -0.4 is 0 Å². The molecule has 0 spiro atoms. The van der Waals surface area contributed by atoms with Crippen molar-refractivity contribution in [3.63, 3.8) is 0 Å². The Morgan fingerprint density at radius 1 is 1.50 bits per heavy atom. The van der Waals surface area contributed by atoms with E-state index in [0.717, 1.165) is 0 Å². The Morgan fingerprint density at radius 3 is 1.75 bits per heavy atom. The SMILES string of the molecule is [CH2-]C.[CH2-]C(=S)C[C-]=O.[CH3-].[V].[W].[Y]. The molecule has 0 saturated heterocycles. The van der Waals surface area contributed by atoms with E-state index < -0.39 is 0 Å². The van der Waals surface area contributed by atoms with Crippen LogP contribution in [-0.4, -0.2) is 11.2 Å². The maximum absolute atomic E-state index is 9.36. The van der Waals surface area contributed by atoms with Crippen LogP contribution in [0.2, 0.25) is 0 Å². The molecule has 0 saturated carbocycles. The van der Waals surface area contributed by atoms with Crippen molar-refractivity contribution in [2.45, 2.75) is 13.3 Å². The van der Waals surface area contributed by atoms with Gasteiger partial charge in [0.2, 0.25) is 0 Å². The summed E-state index contributed by atoms with van der Waals surface area (Å²) in [5.41, 5.74) is 0. The van der Waals surface area contributed by atoms with Gasteiger partial charge in [-0.1, -0.05) is 0 Å². The van der Waals surface area contributed by atoms with E-state index >= 15 is 0 Å². The summed E-state index contributed by atoms with van der Waals surface area (Å²) in [6.45, 7) is 8.30. The summed E-state index contributed by atoms with van der Waals surface area (Å²) in [5.74, 6) is 0. The third kappa shape index (κ3) is 58.0. The summed E-state index contributed by atoms with van der Waals surface area (Å²) in [5, 5.41) is 0. The monoisotopic (exact) mass is 468 g/mol. The second-order valence-electron chi connectivity index (χ2n) is 0.860. The number of thiocarbonyl (C=S) groups is 1. The summed E-state index contributed by atoms with van der Waals surface area (Å²) >= 11 is 4.42. The van der Waals surface area contributed by atoms with Gasteiger partial charge < -0.3 is 26.1 Å². The quantitative estimate of drug-likeness (QED) is 0.456. The van der Waals surface area contributed by atoms with Crippen LogP contribution in [0.1, 0.15) is 13.3 Å². The molecule has 0 aromatic rings. The van der Waals surface area contributed by atoms with E-state index in [-0.39, 0.29) is 86.2 Å². The van der Waals surface area contributed by atoms with Crippen molar-refractivity contribution in [3.8, 4) is 0 Å². The first-order chi connectivity index (χ1) is 3.77. The molecule has 0 aliphatic carbocycles. The summed E-state index contributed by atoms with van der Waals surface area (Å²) in [6, 6.07) is 0. The smallest absolute Gasteiger partial charge is 0 e. The average Bonchev–Trinajstić information content (AvgIpc) is 1.72. The predicted octanol–water partition coefficient (Wildman–Crippen LogP) is 1.97. The number of hydrogen-bond donors (Lipinski definition) is 0. The maximum atomic E-state index is 9.36. The average molecular weight is 468 g/mol. The van der Waals surface area contributed by atoms with Gasteiger partial charge in [-0.15, -0.1) is 18.6 Å². The van der Waals surface area contributed by atoms with Gasteiger partial charge in [-0.05, 0) is 0 Å². The molecule has 0 aromatic carbocycles. The second-order valence-corrected chi connectivity index (χ2v) is 1.44. The fraction of sp³-hybridized carbons (Fsp3) is 0.286. The molecule has 0 bridgehead atoms. The molecule has 0 rings (SSSR count). The van der Waals surface area contributed by atoms with Crippen LogP contribution in [0.15, 0.2) is 0 Å². The zero-order valence-electron chi connectivity index (χ0n) is 7.37. The van der Waals surface area contributed by atoms with Crippen molar-refractivity contribution in [1.29, 1.82) is 0 Å². The van der Waals surface area contributed by atoms with E-state index in [1.807, 2.05) is 0 Å². The molecule has 0 atom stereocenters. The fourth-order valence-corrected chi connectivity index (χ4v) is 0.139. The zero-order chi connectivity index (χ0) is 6.99. The van der Waals surface area contributed by atoms with Gasteiger partial charge in [0, 0.05) is 72.3 Å². The standard InChI is InChI=1S/C4H4OS.C2H5.CH3.V.W.Y/c1-4(6)2-3-5;1-2;;;;/h1-2H2;1H2,2H3;1H3;;;/q-2;2*-1;;;. The molecular weight excluding hydrogens is 456 g/mol. The molecule has 0 N–H and O–H groups in total. The van der Waals surface area contributed by atoms with E-state index in [1.54, 1.807) is 13.2 Å². The van der Waals surface area contributed by atoms with Gasteiger partial charge in [-0.25, -0.2) is 0 Å².